The number of alkyl halides is 3. The molecule has 1 aliphatic rings. The molecule has 0 aromatic carbocycles. The van der Waals surface area contributed by atoms with E-state index in [9.17, 15) is 13.2 Å². The van der Waals surface area contributed by atoms with Crippen molar-refractivity contribution < 1.29 is 22.6 Å². The summed E-state index contributed by atoms with van der Waals surface area (Å²) >= 11 is 0. The highest BCUT2D eigenvalue weighted by molar-refractivity contribution is 5.28. The molecule has 2 N–H and O–H groups in total. The van der Waals surface area contributed by atoms with Gasteiger partial charge in [0, 0.05) is 6.42 Å². The molecule has 0 spiro atoms. The van der Waals surface area contributed by atoms with Crippen LogP contribution < -0.4 is 5.73 Å². The number of rotatable bonds is 3. The SMILES string of the molecule is CCOC1=C(N)C=CC(C)(OC(F)(F)F)C1. The Labute approximate surface area is 91.7 Å². The second kappa shape index (κ2) is 4.37. The van der Waals surface area contributed by atoms with Gasteiger partial charge in [0.2, 0.25) is 0 Å². The highest BCUT2D eigenvalue weighted by atomic mass is 19.4. The minimum atomic E-state index is -4.68. The van der Waals surface area contributed by atoms with E-state index in [2.05, 4.69) is 4.74 Å². The Morgan fingerprint density at radius 2 is 2.12 bits per heavy atom. The fourth-order valence-corrected chi connectivity index (χ4v) is 1.48. The second-order valence-electron chi connectivity index (χ2n) is 3.68. The number of nitrogens with two attached hydrogens (primary N) is 1. The molecule has 1 aliphatic carbocycles. The average molecular weight is 237 g/mol. The average Bonchev–Trinajstić information content (AvgIpc) is 2.09. The van der Waals surface area contributed by atoms with Crippen LogP contribution in [0.4, 0.5) is 13.2 Å². The summed E-state index contributed by atoms with van der Waals surface area (Å²) in [5, 5.41) is 0. The molecule has 0 aromatic rings. The molecule has 0 bridgehead atoms. The lowest BCUT2D eigenvalue weighted by molar-refractivity contribution is -0.356. The van der Waals surface area contributed by atoms with Crippen LogP contribution in [-0.4, -0.2) is 18.6 Å². The summed E-state index contributed by atoms with van der Waals surface area (Å²) in [6.45, 7) is 3.43. The van der Waals surface area contributed by atoms with Gasteiger partial charge in [-0.15, -0.1) is 13.2 Å². The monoisotopic (exact) mass is 237 g/mol. The Morgan fingerprint density at radius 1 is 1.50 bits per heavy atom. The molecule has 1 atom stereocenters. The van der Waals surface area contributed by atoms with Crippen LogP contribution in [-0.2, 0) is 9.47 Å². The lowest BCUT2D eigenvalue weighted by Gasteiger charge is -2.31. The van der Waals surface area contributed by atoms with Crippen LogP contribution in [0.15, 0.2) is 23.6 Å². The highest BCUT2D eigenvalue weighted by Crippen LogP contribution is 2.34. The van der Waals surface area contributed by atoms with E-state index >= 15 is 0 Å². The fraction of sp³-hybridized carbons (Fsp3) is 0.600. The molecule has 0 aromatic heterocycles. The van der Waals surface area contributed by atoms with Gasteiger partial charge in [-0.2, -0.15) is 0 Å². The third kappa shape index (κ3) is 3.44. The zero-order valence-electron chi connectivity index (χ0n) is 9.10. The maximum absolute atomic E-state index is 12.2. The van der Waals surface area contributed by atoms with E-state index in [1.165, 1.54) is 19.1 Å². The molecule has 1 unspecified atom stereocenters. The Bertz CT molecular complexity index is 323. The van der Waals surface area contributed by atoms with Crippen LogP contribution in [0, 0.1) is 0 Å². The summed E-state index contributed by atoms with van der Waals surface area (Å²) in [5.74, 6) is 0.330. The van der Waals surface area contributed by atoms with Crippen LogP contribution in [0.2, 0.25) is 0 Å². The Hall–Kier alpha value is -1.17. The molecule has 0 saturated carbocycles. The summed E-state index contributed by atoms with van der Waals surface area (Å²) in [5.41, 5.74) is 4.47. The predicted octanol–water partition coefficient (Wildman–Crippen LogP) is 2.45. The van der Waals surface area contributed by atoms with Gasteiger partial charge in [0.05, 0.1) is 12.3 Å². The Morgan fingerprint density at radius 3 is 2.62 bits per heavy atom. The maximum Gasteiger partial charge on any atom is 0.523 e. The van der Waals surface area contributed by atoms with E-state index in [1.807, 2.05) is 0 Å². The van der Waals surface area contributed by atoms with E-state index in [0.29, 0.717) is 18.1 Å². The number of hydrogen-bond acceptors (Lipinski definition) is 3. The summed E-state index contributed by atoms with van der Waals surface area (Å²) in [6.07, 6.45) is -2.04. The predicted molar refractivity (Wildman–Crippen MR) is 52.1 cm³/mol. The van der Waals surface area contributed by atoms with Crippen LogP contribution in [0.5, 0.6) is 0 Å². The van der Waals surface area contributed by atoms with Gasteiger partial charge in [0.15, 0.2) is 0 Å². The topological polar surface area (TPSA) is 44.5 Å². The van der Waals surface area contributed by atoms with Crippen molar-refractivity contribution in [2.75, 3.05) is 6.61 Å². The summed E-state index contributed by atoms with van der Waals surface area (Å²) in [6, 6.07) is 0. The van der Waals surface area contributed by atoms with Crippen LogP contribution in [0.25, 0.3) is 0 Å². The van der Waals surface area contributed by atoms with Crippen LogP contribution in [0.1, 0.15) is 20.3 Å². The van der Waals surface area contributed by atoms with Crippen LogP contribution in [0.3, 0.4) is 0 Å². The van der Waals surface area contributed by atoms with Gasteiger partial charge >= 0.3 is 6.36 Å². The first-order chi connectivity index (χ1) is 7.26. The minimum absolute atomic E-state index is 0.0251. The van der Waals surface area contributed by atoms with E-state index in [0.717, 1.165) is 0 Å². The van der Waals surface area contributed by atoms with Gasteiger partial charge in [-0.25, -0.2) is 0 Å². The zero-order valence-corrected chi connectivity index (χ0v) is 9.10. The molecule has 6 heteroatoms. The number of halogens is 3. The first-order valence-corrected chi connectivity index (χ1v) is 4.83. The van der Waals surface area contributed by atoms with Crippen molar-refractivity contribution in [3.8, 4) is 0 Å². The van der Waals surface area contributed by atoms with Crippen molar-refractivity contribution >= 4 is 0 Å². The quantitative estimate of drug-likeness (QED) is 0.820. The van der Waals surface area contributed by atoms with Crippen molar-refractivity contribution in [2.45, 2.75) is 32.2 Å². The fourth-order valence-electron chi connectivity index (χ4n) is 1.48. The normalized spacial score (nSPS) is 26.1. The van der Waals surface area contributed by atoms with Gasteiger partial charge in [0.25, 0.3) is 0 Å². The molecule has 0 aliphatic heterocycles. The summed E-state index contributed by atoms with van der Waals surface area (Å²) in [4.78, 5) is 0. The van der Waals surface area contributed by atoms with Gasteiger partial charge < -0.3 is 10.5 Å². The van der Waals surface area contributed by atoms with Gasteiger partial charge in [-0.3, -0.25) is 4.74 Å². The maximum atomic E-state index is 12.2. The first kappa shape index (κ1) is 12.9. The van der Waals surface area contributed by atoms with E-state index < -0.39 is 12.0 Å². The molecule has 0 radical (unpaired) electrons. The molecule has 92 valence electrons. The Kier molecular flexibility index (Phi) is 3.52. The third-order valence-corrected chi connectivity index (χ3v) is 2.12. The van der Waals surface area contributed by atoms with Crippen molar-refractivity contribution in [3.63, 3.8) is 0 Å². The van der Waals surface area contributed by atoms with Gasteiger partial charge in [-0.1, -0.05) is 6.08 Å². The molecule has 1 rings (SSSR count). The summed E-state index contributed by atoms with van der Waals surface area (Å²) < 4.78 is 45.6. The molecule has 16 heavy (non-hydrogen) atoms. The van der Waals surface area contributed by atoms with E-state index in [-0.39, 0.29) is 6.42 Å². The van der Waals surface area contributed by atoms with Crippen molar-refractivity contribution in [2.24, 2.45) is 5.73 Å². The molecular weight excluding hydrogens is 223 g/mol. The number of allylic oxidation sites excluding steroid dienone is 1. The zero-order chi connectivity index (χ0) is 12.4. The number of ether oxygens (including phenoxy) is 2. The van der Waals surface area contributed by atoms with Crippen LogP contribution >= 0.6 is 0 Å². The standard InChI is InChI=1S/C10H14F3NO2/c1-3-15-8-6-9(2,5-4-7(8)14)16-10(11,12)13/h4-5H,3,6,14H2,1-2H3. The summed E-state index contributed by atoms with van der Waals surface area (Å²) in [7, 11) is 0. The highest BCUT2D eigenvalue weighted by Gasteiger charge is 2.41. The molecule has 3 nitrogen and oxygen atoms in total. The second-order valence-corrected chi connectivity index (χ2v) is 3.68. The third-order valence-electron chi connectivity index (χ3n) is 2.12. The molecule has 0 saturated heterocycles. The molecule has 0 fully saturated rings. The van der Waals surface area contributed by atoms with Crippen molar-refractivity contribution in [1.82, 2.24) is 0 Å². The molecule has 0 amide bonds. The Balaban J connectivity index is 2.79. The lowest BCUT2D eigenvalue weighted by atomic mass is 9.94. The van der Waals surface area contributed by atoms with E-state index in [4.69, 9.17) is 10.5 Å². The number of hydrogen-bond donors (Lipinski definition) is 1. The van der Waals surface area contributed by atoms with E-state index in [1.54, 1.807) is 6.92 Å². The van der Waals surface area contributed by atoms with Crippen molar-refractivity contribution in [3.05, 3.63) is 23.6 Å². The molecular formula is C10H14F3NO2. The molecule has 0 heterocycles. The van der Waals surface area contributed by atoms with Gasteiger partial charge in [0.1, 0.15) is 11.4 Å². The van der Waals surface area contributed by atoms with Crippen molar-refractivity contribution in [1.29, 1.82) is 0 Å². The minimum Gasteiger partial charge on any atom is -0.496 e. The van der Waals surface area contributed by atoms with Gasteiger partial charge in [-0.05, 0) is 19.9 Å². The largest absolute Gasteiger partial charge is 0.523 e. The first-order valence-electron chi connectivity index (χ1n) is 4.83. The smallest absolute Gasteiger partial charge is 0.496 e. The lowest BCUT2D eigenvalue weighted by Crippen LogP contribution is -2.36.